The largest absolute Gasteiger partial charge is 0.292 e. The van der Waals surface area contributed by atoms with Crippen LogP contribution in [0.1, 0.15) is 0 Å². The van der Waals surface area contributed by atoms with Gasteiger partial charge in [-0.25, -0.2) is 4.98 Å². The highest BCUT2D eigenvalue weighted by Gasteiger charge is 2.06. The molecule has 2 rings (SSSR count). The van der Waals surface area contributed by atoms with Crippen LogP contribution in [-0.2, 0) is 0 Å². The summed E-state index contributed by atoms with van der Waals surface area (Å²) in [6, 6.07) is 1.81. The van der Waals surface area contributed by atoms with Gasteiger partial charge in [0, 0.05) is 12.4 Å². The highest BCUT2D eigenvalue weighted by Crippen LogP contribution is 2.28. The van der Waals surface area contributed by atoms with Crippen molar-refractivity contribution in [1.82, 2.24) is 9.38 Å². The SMILES string of the molecule is Clc1cc(Br)c(Br)n2ccnc12. The number of hydrogen-bond donors (Lipinski definition) is 0. The van der Waals surface area contributed by atoms with Gasteiger partial charge in [-0.2, -0.15) is 0 Å². The lowest BCUT2D eigenvalue weighted by Gasteiger charge is -2.01. The molecule has 2 aromatic rings. The van der Waals surface area contributed by atoms with E-state index in [0.29, 0.717) is 5.02 Å². The van der Waals surface area contributed by atoms with Crippen LogP contribution in [0.5, 0.6) is 0 Å². The number of nitrogens with zero attached hydrogens (tertiary/aromatic N) is 2. The minimum Gasteiger partial charge on any atom is -0.292 e. The smallest absolute Gasteiger partial charge is 0.156 e. The van der Waals surface area contributed by atoms with Gasteiger partial charge in [0.1, 0.15) is 4.60 Å². The number of pyridine rings is 1. The Morgan fingerprint density at radius 1 is 1.42 bits per heavy atom. The van der Waals surface area contributed by atoms with Crippen molar-refractivity contribution in [2.75, 3.05) is 0 Å². The van der Waals surface area contributed by atoms with Gasteiger partial charge in [0.15, 0.2) is 5.65 Å². The molecule has 12 heavy (non-hydrogen) atoms. The van der Waals surface area contributed by atoms with Crippen molar-refractivity contribution < 1.29 is 0 Å². The van der Waals surface area contributed by atoms with Gasteiger partial charge in [0.25, 0.3) is 0 Å². The Morgan fingerprint density at radius 2 is 2.17 bits per heavy atom. The van der Waals surface area contributed by atoms with Crippen LogP contribution in [0.25, 0.3) is 5.65 Å². The summed E-state index contributed by atoms with van der Waals surface area (Å²) in [6.07, 6.45) is 3.55. The van der Waals surface area contributed by atoms with Crippen LogP contribution in [0.15, 0.2) is 27.5 Å². The molecule has 0 aliphatic heterocycles. The molecule has 0 aliphatic rings. The maximum absolute atomic E-state index is 5.94. The fourth-order valence-electron chi connectivity index (χ4n) is 0.989. The standard InChI is InChI=1S/C7H3Br2ClN2/c8-4-3-5(10)7-11-1-2-12(7)6(4)9/h1-3H. The molecular formula is C7H3Br2ClN2. The first-order valence-electron chi connectivity index (χ1n) is 3.16. The molecule has 0 spiro atoms. The first-order valence-corrected chi connectivity index (χ1v) is 5.13. The lowest BCUT2D eigenvalue weighted by molar-refractivity contribution is 1.13. The van der Waals surface area contributed by atoms with Crippen LogP contribution >= 0.6 is 43.5 Å². The van der Waals surface area contributed by atoms with Crippen molar-refractivity contribution in [3.63, 3.8) is 0 Å². The van der Waals surface area contributed by atoms with E-state index in [1.54, 1.807) is 6.20 Å². The molecule has 0 aliphatic carbocycles. The molecule has 0 unspecified atom stereocenters. The second-order valence-corrected chi connectivity index (χ2v) is 4.26. The van der Waals surface area contributed by atoms with Gasteiger partial charge >= 0.3 is 0 Å². The maximum atomic E-state index is 5.94. The van der Waals surface area contributed by atoms with E-state index in [1.165, 1.54) is 0 Å². The highest BCUT2D eigenvalue weighted by atomic mass is 79.9. The van der Waals surface area contributed by atoms with E-state index >= 15 is 0 Å². The maximum Gasteiger partial charge on any atom is 0.156 e. The minimum absolute atomic E-state index is 0.634. The monoisotopic (exact) mass is 308 g/mol. The van der Waals surface area contributed by atoms with Gasteiger partial charge in [0.05, 0.1) is 9.50 Å². The molecule has 2 aromatic heterocycles. The molecular weight excluding hydrogens is 307 g/mol. The van der Waals surface area contributed by atoms with Crippen molar-refractivity contribution in [2.24, 2.45) is 0 Å². The van der Waals surface area contributed by atoms with E-state index in [2.05, 4.69) is 36.8 Å². The van der Waals surface area contributed by atoms with Gasteiger partial charge in [-0.05, 0) is 37.9 Å². The van der Waals surface area contributed by atoms with Gasteiger partial charge < -0.3 is 0 Å². The fourth-order valence-corrected chi connectivity index (χ4v) is 2.19. The molecule has 2 nitrogen and oxygen atoms in total. The van der Waals surface area contributed by atoms with Crippen LogP contribution in [0.3, 0.4) is 0 Å². The Bertz CT molecular complexity index is 438. The number of aromatic nitrogens is 2. The van der Waals surface area contributed by atoms with Crippen molar-refractivity contribution in [1.29, 1.82) is 0 Å². The van der Waals surface area contributed by atoms with Gasteiger partial charge in [-0.15, -0.1) is 0 Å². The Morgan fingerprint density at radius 3 is 2.92 bits per heavy atom. The van der Waals surface area contributed by atoms with E-state index in [0.717, 1.165) is 14.7 Å². The molecule has 5 heteroatoms. The molecule has 62 valence electrons. The topological polar surface area (TPSA) is 17.3 Å². The molecule has 0 radical (unpaired) electrons. The Hall–Kier alpha value is -0.0600. The normalized spacial score (nSPS) is 10.9. The number of fused-ring (bicyclic) bond motifs is 1. The molecule has 0 bridgehead atoms. The summed E-state index contributed by atoms with van der Waals surface area (Å²) in [6.45, 7) is 0. The van der Waals surface area contributed by atoms with E-state index in [9.17, 15) is 0 Å². The molecule has 0 saturated carbocycles. The van der Waals surface area contributed by atoms with Gasteiger partial charge in [-0.3, -0.25) is 4.40 Å². The summed E-state index contributed by atoms with van der Waals surface area (Å²) in [5, 5.41) is 0.634. The highest BCUT2D eigenvalue weighted by molar-refractivity contribution is 9.13. The summed E-state index contributed by atoms with van der Waals surface area (Å²) in [4.78, 5) is 4.10. The Balaban J connectivity index is 2.97. The molecule has 2 heterocycles. The van der Waals surface area contributed by atoms with Crippen LogP contribution in [0.2, 0.25) is 5.02 Å². The summed E-state index contributed by atoms with van der Waals surface area (Å²) < 4.78 is 3.70. The summed E-state index contributed by atoms with van der Waals surface area (Å²) in [7, 11) is 0. The predicted octanol–water partition coefficient (Wildman–Crippen LogP) is 3.51. The molecule has 0 atom stereocenters. The zero-order valence-corrected chi connectivity index (χ0v) is 9.69. The van der Waals surface area contributed by atoms with Crippen LogP contribution in [-0.4, -0.2) is 9.38 Å². The molecule has 0 N–H and O–H groups in total. The first kappa shape index (κ1) is 8.53. The van der Waals surface area contributed by atoms with E-state index in [-0.39, 0.29) is 0 Å². The van der Waals surface area contributed by atoms with Gasteiger partial charge in [-0.1, -0.05) is 11.6 Å². The third-order valence-electron chi connectivity index (χ3n) is 1.52. The zero-order chi connectivity index (χ0) is 8.72. The number of halogens is 3. The van der Waals surface area contributed by atoms with Crippen molar-refractivity contribution >= 4 is 49.1 Å². The molecule has 0 saturated heterocycles. The first-order chi connectivity index (χ1) is 5.70. The van der Waals surface area contributed by atoms with Crippen molar-refractivity contribution in [3.8, 4) is 0 Å². The van der Waals surface area contributed by atoms with E-state index in [1.807, 2.05) is 16.7 Å². The average Bonchev–Trinajstić information content (AvgIpc) is 2.48. The zero-order valence-electron chi connectivity index (χ0n) is 5.76. The van der Waals surface area contributed by atoms with Crippen molar-refractivity contribution in [3.05, 3.63) is 32.6 Å². The quantitative estimate of drug-likeness (QED) is 0.681. The van der Waals surface area contributed by atoms with Crippen LogP contribution < -0.4 is 0 Å². The van der Waals surface area contributed by atoms with Crippen LogP contribution in [0.4, 0.5) is 0 Å². The average molecular weight is 310 g/mol. The Kier molecular flexibility index (Phi) is 2.14. The lowest BCUT2D eigenvalue weighted by Crippen LogP contribution is -1.87. The van der Waals surface area contributed by atoms with E-state index in [4.69, 9.17) is 11.6 Å². The van der Waals surface area contributed by atoms with Gasteiger partial charge in [0.2, 0.25) is 0 Å². The summed E-state index contributed by atoms with van der Waals surface area (Å²) >= 11 is 12.7. The molecule has 0 fully saturated rings. The lowest BCUT2D eigenvalue weighted by atomic mass is 10.5. The number of hydrogen-bond acceptors (Lipinski definition) is 1. The molecule has 0 amide bonds. The Labute approximate surface area is 90.8 Å². The summed E-state index contributed by atoms with van der Waals surface area (Å²) in [5.41, 5.74) is 0.756. The fraction of sp³-hybridized carbons (Fsp3) is 0. The molecule has 0 aromatic carbocycles. The van der Waals surface area contributed by atoms with Crippen LogP contribution in [0, 0.1) is 0 Å². The predicted molar refractivity (Wildman–Crippen MR) is 55.6 cm³/mol. The second-order valence-electron chi connectivity index (χ2n) is 2.25. The third kappa shape index (κ3) is 1.18. The minimum atomic E-state index is 0.634. The number of imidazole rings is 1. The second kappa shape index (κ2) is 3.01. The van der Waals surface area contributed by atoms with Crippen molar-refractivity contribution in [2.45, 2.75) is 0 Å². The number of rotatable bonds is 0. The summed E-state index contributed by atoms with van der Waals surface area (Å²) in [5.74, 6) is 0. The van der Waals surface area contributed by atoms with E-state index < -0.39 is 0 Å². The third-order valence-corrected chi connectivity index (χ3v) is 3.74.